The molecule has 0 bridgehead atoms. The zero-order valence-electron chi connectivity index (χ0n) is 14.5. The number of rotatable bonds is 5. The van der Waals surface area contributed by atoms with Gasteiger partial charge in [-0.2, -0.15) is 5.26 Å². The predicted molar refractivity (Wildman–Crippen MR) is 91.7 cm³/mol. The van der Waals surface area contributed by atoms with Crippen molar-refractivity contribution in [2.24, 2.45) is 0 Å². The number of aryl methyl sites for hydroxylation is 1. The standard InChI is InChI=1S/C18H22N4O3/c1-13(12-21-7-9-24-10-8-21)20-17(23)16-14(2)25-18(15(16)11-19)22-5-3-4-6-22/h3-6,13H,7-10,12H2,1-2H3,(H,20,23)/t13-/m1/s1. The van der Waals surface area contributed by atoms with Crippen LogP contribution in [0.2, 0.25) is 0 Å². The lowest BCUT2D eigenvalue weighted by molar-refractivity contribution is 0.0342. The van der Waals surface area contributed by atoms with Gasteiger partial charge >= 0.3 is 0 Å². The highest BCUT2D eigenvalue weighted by molar-refractivity contribution is 5.98. The maximum atomic E-state index is 12.7. The molecule has 2 aromatic heterocycles. The van der Waals surface area contributed by atoms with E-state index in [0.29, 0.717) is 17.2 Å². The number of hydrogen-bond donors (Lipinski definition) is 1. The van der Waals surface area contributed by atoms with Gasteiger partial charge in [-0.3, -0.25) is 14.3 Å². The smallest absolute Gasteiger partial charge is 0.256 e. The number of ether oxygens (including phenoxy) is 1. The van der Waals surface area contributed by atoms with Gasteiger partial charge in [0.05, 0.1) is 13.2 Å². The number of nitriles is 1. The summed E-state index contributed by atoms with van der Waals surface area (Å²) in [5.74, 6) is 0.532. The van der Waals surface area contributed by atoms with Crippen LogP contribution in [0.15, 0.2) is 28.9 Å². The summed E-state index contributed by atoms with van der Waals surface area (Å²) in [5, 5.41) is 12.5. The van der Waals surface area contributed by atoms with Crippen LogP contribution in [0, 0.1) is 18.3 Å². The van der Waals surface area contributed by atoms with Gasteiger partial charge in [-0.05, 0) is 26.0 Å². The second-order valence-electron chi connectivity index (χ2n) is 6.20. The number of furan rings is 1. The van der Waals surface area contributed by atoms with E-state index in [1.54, 1.807) is 23.9 Å². The number of amides is 1. The highest BCUT2D eigenvalue weighted by atomic mass is 16.5. The second-order valence-corrected chi connectivity index (χ2v) is 6.20. The molecule has 7 heteroatoms. The Bertz CT molecular complexity index is 767. The Kier molecular flexibility index (Phi) is 5.22. The average Bonchev–Trinajstić information content (AvgIpc) is 3.22. The van der Waals surface area contributed by atoms with Crippen LogP contribution in [-0.4, -0.2) is 54.3 Å². The Hall–Kier alpha value is -2.56. The Balaban J connectivity index is 1.74. The molecule has 1 aliphatic heterocycles. The van der Waals surface area contributed by atoms with E-state index in [1.165, 1.54) is 0 Å². The van der Waals surface area contributed by atoms with Gasteiger partial charge in [0.25, 0.3) is 5.91 Å². The zero-order chi connectivity index (χ0) is 17.8. The van der Waals surface area contributed by atoms with E-state index in [0.717, 1.165) is 32.8 Å². The van der Waals surface area contributed by atoms with E-state index >= 15 is 0 Å². The van der Waals surface area contributed by atoms with Crippen molar-refractivity contribution < 1.29 is 13.9 Å². The lowest BCUT2D eigenvalue weighted by Crippen LogP contribution is -2.46. The molecule has 1 saturated heterocycles. The first-order valence-electron chi connectivity index (χ1n) is 8.38. The van der Waals surface area contributed by atoms with Gasteiger partial charge in [0.2, 0.25) is 5.88 Å². The molecule has 25 heavy (non-hydrogen) atoms. The Morgan fingerprint density at radius 1 is 1.36 bits per heavy atom. The molecule has 2 aromatic rings. The molecule has 0 radical (unpaired) electrons. The number of nitrogens with one attached hydrogen (secondary N) is 1. The third-order valence-corrected chi connectivity index (χ3v) is 4.26. The third-order valence-electron chi connectivity index (χ3n) is 4.26. The van der Waals surface area contributed by atoms with E-state index in [9.17, 15) is 10.1 Å². The quantitative estimate of drug-likeness (QED) is 0.894. The van der Waals surface area contributed by atoms with Crippen molar-refractivity contribution in [2.75, 3.05) is 32.8 Å². The number of hydrogen-bond acceptors (Lipinski definition) is 5. The number of carbonyl (C=O) groups excluding carboxylic acids is 1. The molecule has 1 aliphatic rings. The molecule has 3 rings (SSSR count). The van der Waals surface area contributed by atoms with Crippen LogP contribution in [0.25, 0.3) is 5.88 Å². The van der Waals surface area contributed by atoms with E-state index in [2.05, 4.69) is 16.3 Å². The molecule has 132 valence electrons. The maximum Gasteiger partial charge on any atom is 0.256 e. The molecule has 0 aliphatic carbocycles. The Morgan fingerprint density at radius 2 is 2.04 bits per heavy atom. The fraction of sp³-hybridized carbons (Fsp3) is 0.444. The molecule has 0 spiro atoms. The minimum Gasteiger partial charge on any atom is -0.443 e. The van der Waals surface area contributed by atoms with Gasteiger partial charge in [0.15, 0.2) is 0 Å². The summed E-state index contributed by atoms with van der Waals surface area (Å²) in [7, 11) is 0. The third kappa shape index (κ3) is 3.76. The van der Waals surface area contributed by atoms with E-state index in [1.807, 2.05) is 19.1 Å². The SMILES string of the molecule is Cc1oc(-n2cccc2)c(C#N)c1C(=O)N[C@H](C)CN1CCOCC1. The summed E-state index contributed by atoms with van der Waals surface area (Å²) < 4.78 is 12.7. The second kappa shape index (κ2) is 7.55. The molecular formula is C18H22N4O3. The van der Waals surface area contributed by atoms with Crippen molar-refractivity contribution in [2.45, 2.75) is 19.9 Å². The lowest BCUT2D eigenvalue weighted by atomic mass is 10.1. The molecule has 1 fully saturated rings. The summed E-state index contributed by atoms with van der Waals surface area (Å²) in [4.78, 5) is 15.0. The van der Waals surface area contributed by atoms with E-state index in [-0.39, 0.29) is 17.5 Å². The van der Waals surface area contributed by atoms with Crippen LogP contribution in [0.5, 0.6) is 0 Å². The van der Waals surface area contributed by atoms with Crippen LogP contribution in [0.4, 0.5) is 0 Å². The first-order chi connectivity index (χ1) is 12.1. The van der Waals surface area contributed by atoms with Crippen molar-refractivity contribution in [1.82, 2.24) is 14.8 Å². The van der Waals surface area contributed by atoms with Crippen molar-refractivity contribution in [3.8, 4) is 12.0 Å². The topological polar surface area (TPSA) is 83.4 Å². The summed E-state index contributed by atoms with van der Waals surface area (Å²) in [6, 6.07) is 5.74. The van der Waals surface area contributed by atoms with Gasteiger partial charge < -0.3 is 14.5 Å². The summed E-state index contributed by atoms with van der Waals surface area (Å²) in [6.07, 6.45) is 3.56. The molecule has 1 amide bonds. The van der Waals surface area contributed by atoms with Crippen LogP contribution >= 0.6 is 0 Å². The average molecular weight is 342 g/mol. The van der Waals surface area contributed by atoms with Gasteiger partial charge in [-0.25, -0.2) is 0 Å². The molecule has 1 atom stereocenters. The minimum absolute atomic E-state index is 0.0403. The van der Waals surface area contributed by atoms with Crippen molar-refractivity contribution in [3.63, 3.8) is 0 Å². The number of nitrogens with zero attached hydrogens (tertiary/aromatic N) is 3. The monoisotopic (exact) mass is 342 g/mol. The largest absolute Gasteiger partial charge is 0.443 e. The predicted octanol–water partition coefficient (Wildman–Crippen LogP) is 1.70. The van der Waals surface area contributed by atoms with Gasteiger partial charge in [0.1, 0.15) is 23.0 Å². The zero-order valence-corrected chi connectivity index (χ0v) is 14.5. The summed E-state index contributed by atoms with van der Waals surface area (Å²) in [5.41, 5.74) is 0.560. The van der Waals surface area contributed by atoms with Gasteiger partial charge in [-0.15, -0.1) is 0 Å². The summed E-state index contributed by atoms with van der Waals surface area (Å²) in [6.45, 7) is 7.59. The normalized spacial score (nSPS) is 16.4. The molecule has 3 heterocycles. The van der Waals surface area contributed by atoms with Crippen molar-refractivity contribution >= 4 is 5.91 Å². The molecular weight excluding hydrogens is 320 g/mol. The Morgan fingerprint density at radius 3 is 2.68 bits per heavy atom. The van der Waals surface area contributed by atoms with Crippen LogP contribution < -0.4 is 5.32 Å². The molecule has 0 unspecified atom stereocenters. The van der Waals surface area contributed by atoms with E-state index in [4.69, 9.17) is 9.15 Å². The number of carbonyl (C=O) groups is 1. The van der Waals surface area contributed by atoms with Gasteiger partial charge in [-0.1, -0.05) is 0 Å². The lowest BCUT2D eigenvalue weighted by Gasteiger charge is -2.29. The fourth-order valence-corrected chi connectivity index (χ4v) is 3.07. The van der Waals surface area contributed by atoms with Crippen molar-refractivity contribution in [1.29, 1.82) is 5.26 Å². The van der Waals surface area contributed by atoms with Crippen LogP contribution in [0.3, 0.4) is 0 Å². The van der Waals surface area contributed by atoms with Crippen LogP contribution in [-0.2, 0) is 4.74 Å². The van der Waals surface area contributed by atoms with Crippen molar-refractivity contribution in [3.05, 3.63) is 41.4 Å². The first kappa shape index (κ1) is 17.3. The molecule has 0 aromatic carbocycles. The first-order valence-corrected chi connectivity index (χ1v) is 8.38. The van der Waals surface area contributed by atoms with Crippen LogP contribution in [0.1, 0.15) is 28.6 Å². The Labute approximate surface area is 146 Å². The minimum atomic E-state index is -0.281. The molecule has 7 nitrogen and oxygen atoms in total. The fourth-order valence-electron chi connectivity index (χ4n) is 3.07. The number of aromatic nitrogens is 1. The maximum absolute atomic E-state index is 12.7. The highest BCUT2D eigenvalue weighted by Crippen LogP contribution is 2.25. The molecule has 0 saturated carbocycles. The highest BCUT2D eigenvalue weighted by Gasteiger charge is 2.25. The summed E-state index contributed by atoms with van der Waals surface area (Å²) >= 11 is 0. The number of morpholine rings is 1. The van der Waals surface area contributed by atoms with E-state index < -0.39 is 0 Å². The van der Waals surface area contributed by atoms with Gasteiger partial charge in [0, 0.05) is 38.1 Å². The molecule has 1 N–H and O–H groups in total.